The Labute approximate surface area is 87.6 Å². The van der Waals surface area contributed by atoms with Gasteiger partial charge in [-0.25, -0.2) is 0 Å². The first-order chi connectivity index (χ1) is 3.97. The van der Waals surface area contributed by atoms with Crippen molar-refractivity contribution in [1.82, 2.24) is 0 Å². The first-order valence-electron chi connectivity index (χ1n) is 2.66. The topological polar surface area (TPSA) is 34.1 Å². The molecule has 0 aliphatic heterocycles. The van der Waals surface area contributed by atoms with E-state index in [-0.39, 0.29) is 38.1 Å². The molecule has 2 nitrogen and oxygen atoms in total. The van der Waals surface area contributed by atoms with Gasteiger partial charge in [-0.3, -0.25) is 12.6 Å². The summed E-state index contributed by atoms with van der Waals surface area (Å²) in [5.41, 5.74) is -0.264. The molecule has 0 saturated heterocycles. The van der Waals surface area contributed by atoms with E-state index in [0.717, 1.165) is 0 Å². The molecule has 10 heavy (non-hydrogen) atoms. The maximum absolute atomic E-state index is 9.70. The fraction of sp³-hybridized carbons (Fsp3) is 0.714. The summed E-state index contributed by atoms with van der Waals surface area (Å²) in [6.07, 6.45) is 3.35. The van der Waals surface area contributed by atoms with Gasteiger partial charge in [-0.15, -0.1) is 5.41 Å². The maximum Gasteiger partial charge on any atom is 0 e. The van der Waals surface area contributed by atoms with Gasteiger partial charge in [0, 0.05) is 32.7 Å². The van der Waals surface area contributed by atoms with E-state index in [2.05, 4.69) is 0 Å². The normalized spacial score (nSPS) is 8.00. The van der Waals surface area contributed by atoms with Gasteiger partial charge >= 0.3 is 0 Å². The summed E-state index contributed by atoms with van der Waals surface area (Å²) in [6, 6.07) is 0. The predicted octanol–water partition coefficient (Wildman–Crippen LogP) is 1.26. The minimum absolute atomic E-state index is 0. The summed E-state index contributed by atoms with van der Waals surface area (Å²) < 4.78 is 0. The summed E-state index contributed by atoms with van der Waals surface area (Å²) in [5.74, 6) is 0. The van der Waals surface area contributed by atoms with Gasteiger partial charge in [-0.05, 0) is 0 Å². The molecule has 0 aliphatic carbocycles. The van der Waals surface area contributed by atoms with Crippen LogP contribution in [0, 0.1) is 5.41 Å². The Hall–Kier alpha value is 0.444. The van der Waals surface area contributed by atoms with Gasteiger partial charge in [0.2, 0.25) is 0 Å². The molecule has 57 valence electrons. The molecule has 0 saturated carbocycles. The molecule has 0 aromatic rings. The van der Waals surface area contributed by atoms with Crippen LogP contribution in [0.5, 0.6) is 0 Å². The van der Waals surface area contributed by atoms with Gasteiger partial charge < -0.3 is 9.59 Å². The van der Waals surface area contributed by atoms with E-state index in [4.69, 9.17) is 4.79 Å². The second kappa shape index (κ2) is 9.44. The van der Waals surface area contributed by atoms with E-state index in [1.807, 2.05) is 27.1 Å². The number of hydrogen-bond acceptors (Lipinski definition) is 2. The van der Waals surface area contributed by atoms with Crippen LogP contribution in [0.25, 0.3) is 0 Å². The molecular formula is C7H12O2Y-2. The molecule has 0 bridgehead atoms. The van der Waals surface area contributed by atoms with Crippen molar-refractivity contribution in [3.8, 4) is 0 Å². The molecule has 0 atom stereocenters. The standard InChI is InChI=1S/C5H9O.C2H3O.Y/c1-5(2,3)4-6;1-2-3;/h1-3H3;1H3;/q2*-1;. The molecule has 0 aromatic carbocycles. The third-order valence-corrected chi connectivity index (χ3v) is 0.306. The molecule has 0 unspecified atom stereocenters. The second-order valence-corrected chi connectivity index (χ2v) is 2.56. The summed E-state index contributed by atoms with van der Waals surface area (Å²) in [4.78, 5) is 18.4. The average molecular weight is 217 g/mol. The smallest absolute Gasteiger partial charge is 0 e. The van der Waals surface area contributed by atoms with Crippen molar-refractivity contribution >= 4 is 12.6 Å². The van der Waals surface area contributed by atoms with E-state index >= 15 is 0 Å². The van der Waals surface area contributed by atoms with Crippen molar-refractivity contribution in [2.45, 2.75) is 27.7 Å². The zero-order valence-corrected chi connectivity index (χ0v) is 9.73. The monoisotopic (exact) mass is 217 g/mol. The minimum atomic E-state index is -0.264. The van der Waals surface area contributed by atoms with Gasteiger partial charge in [0.15, 0.2) is 0 Å². The molecule has 0 spiro atoms. The van der Waals surface area contributed by atoms with Crippen LogP contribution in [0.4, 0.5) is 0 Å². The molecular weight excluding hydrogens is 205 g/mol. The van der Waals surface area contributed by atoms with Crippen LogP contribution in [0.2, 0.25) is 0 Å². The minimum Gasteiger partial charge on any atom is -0.542 e. The van der Waals surface area contributed by atoms with Crippen LogP contribution >= 0.6 is 0 Å². The first kappa shape index (κ1) is 16.8. The third kappa shape index (κ3) is 39.4. The molecule has 0 N–H and O–H groups in total. The van der Waals surface area contributed by atoms with Gasteiger partial charge in [-0.2, -0.15) is 6.92 Å². The molecule has 1 radical (unpaired) electrons. The van der Waals surface area contributed by atoms with Crippen LogP contribution < -0.4 is 0 Å². The van der Waals surface area contributed by atoms with Crippen molar-refractivity contribution in [1.29, 1.82) is 0 Å². The molecule has 0 aliphatic rings. The van der Waals surface area contributed by atoms with Gasteiger partial charge in [0.1, 0.15) is 0 Å². The second-order valence-electron chi connectivity index (χ2n) is 2.56. The fourth-order valence-corrected chi connectivity index (χ4v) is 0. The van der Waals surface area contributed by atoms with Crippen LogP contribution in [-0.2, 0) is 42.3 Å². The van der Waals surface area contributed by atoms with E-state index < -0.39 is 0 Å². The van der Waals surface area contributed by atoms with Crippen molar-refractivity contribution in [2.75, 3.05) is 0 Å². The van der Waals surface area contributed by atoms with E-state index in [9.17, 15) is 4.79 Å². The SMILES string of the molecule is CC(C)(C)[C-]=O.C[C-]=O.[Y]. The predicted molar refractivity (Wildman–Crippen MR) is 36.5 cm³/mol. The Morgan fingerprint density at radius 2 is 1.20 bits per heavy atom. The molecule has 0 amide bonds. The molecule has 0 heterocycles. The quantitative estimate of drug-likeness (QED) is 0.572. The first-order valence-corrected chi connectivity index (χ1v) is 2.66. The largest absolute Gasteiger partial charge is 0.542 e. The van der Waals surface area contributed by atoms with Crippen molar-refractivity contribution in [3.63, 3.8) is 0 Å². The van der Waals surface area contributed by atoms with Crippen LogP contribution in [0.1, 0.15) is 27.7 Å². The fourth-order valence-electron chi connectivity index (χ4n) is 0. The van der Waals surface area contributed by atoms with Crippen molar-refractivity contribution in [2.24, 2.45) is 5.41 Å². The van der Waals surface area contributed by atoms with E-state index in [0.29, 0.717) is 0 Å². The molecule has 0 fully saturated rings. The summed E-state index contributed by atoms with van der Waals surface area (Å²) in [7, 11) is 0. The zero-order chi connectivity index (χ0) is 7.91. The molecule has 0 rings (SSSR count). The van der Waals surface area contributed by atoms with Gasteiger partial charge in [0.25, 0.3) is 0 Å². The summed E-state index contributed by atoms with van der Waals surface area (Å²) >= 11 is 0. The summed E-state index contributed by atoms with van der Waals surface area (Å²) in [5, 5.41) is 0. The van der Waals surface area contributed by atoms with Crippen LogP contribution in [0.15, 0.2) is 0 Å². The van der Waals surface area contributed by atoms with Crippen molar-refractivity contribution < 1.29 is 42.3 Å². The zero-order valence-electron chi connectivity index (χ0n) is 6.89. The van der Waals surface area contributed by atoms with Crippen LogP contribution in [0.3, 0.4) is 0 Å². The van der Waals surface area contributed by atoms with E-state index in [1.165, 1.54) is 13.2 Å². The van der Waals surface area contributed by atoms with E-state index in [1.54, 1.807) is 0 Å². The third-order valence-electron chi connectivity index (χ3n) is 0.306. The van der Waals surface area contributed by atoms with Crippen LogP contribution in [-0.4, -0.2) is 12.6 Å². The Bertz CT molecular complexity index is 84.1. The summed E-state index contributed by atoms with van der Waals surface area (Å²) in [6.45, 7) is 6.78. The Morgan fingerprint density at radius 3 is 1.20 bits per heavy atom. The van der Waals surface area contributed by atoms with Gasteiger partial charge in [0.05, 0.1) is 0 Å². The number of carbonyl (C=O) groups excluding carboxylic acids is 2. The Kier molecular flexibility index (Phi) is 15.9. The Morgan fingerprint density at radius 1 is 1.10 bits per heavy atom. The average Bonchev–Trinajstić information content (AvgIpc) is 1.67. The Balaban J connectivity index is -0.000000107. The molecule has 3 heteroatoms. The maximum atomic E-state index is 9.70. The number of rotatable bonds is 0. The van der Waals surface area contributed by atoms with Gasteiger partial charge in [-0.1, -0.05) is 20.8 Å². The number of hydrogen-bond donors (Lipinski definition) is 0. The molecule has 0 aromatic heterocycles. The van der Waals surface area contributed by atoms with Crippen molar-refractivity contribution in [3.05, 3.63) is 0 Å².